The maximum Gasteiger partial charge on any atom is 0.337 e. The first-order valence-electron chi connectivity index (χ1n) is 6.82. The van der Waals surface area contributed by atoms with E-state index < -0.39 is 16.0 Å². The monoisotopic (exact) mass is 387 g/mol. The van der Waals surface area contributed by atoms with E-state index in [0.29, 0.717) is 26.9 Å². The Labute approximate surface area is 150 Å². The van der Waals surface area contributed by atoms with Crippen molar-refractivity contribution in [1.82, 2.24) is 0 Å². The molecule has 0 N–H and O–H groups in total. The molecule has 5 nitrogen and oxygen atoms in total. The third-order valence-electron chi connectivity index (χ3n) is 3.29. The number of sulfonamides is 1. The van der Waals surface area contributed by atoms with E-state index >= 15 is 0 Å². The Morgan fingerprint density at radius 3 is 2.21 bits per heavy atom. The second-order valence-corrected chi connectivity index (χ2v) is 7.78. The van der Waals surface area contributed by atoms with Crippen LogP contribution in [0.25, 0.3) is 0 Å². The predicted octanol–water partition coefficient (Wildman–Crippen LogP) is 3.75. The lowest BCUT2D eigenvalue weighted by Gasteiger charge is -2.23. The molecule has 0 aromatic heterocycles. The maximum absolute atomic E-state index is 12.1. The van der Waals surface area contributed by atoms with Crippen LogP contribution in [0.5, 0.6) is 0 Å². The standard InChI is InChI=1S/C16H15Cl2NO4S/c1-23-16(20)12-4-6-13(7-5-12)19(24(2,21)22)10-11-3-8-14(17)15(18)9-11/h3-9H,10H2,1-2H3. The van der Waals surface area contributed by atoms with E-state index in [4.69, 9.17) is 23.2 Å². The van der Waals surface area contributed by atoms with Crippen molar-refractivity contribution >= 4 is 44.9 Å². The summed E-state index contributed by atoms with van der Waals surface area (Å²) in [6.07, 6.45) is 1.11. The minimum atomic E-state index is -3.54. The van der Waals surface area contributed by atoms with E-state index in [1.807, 2.05) is 0 Å². The van der Waals surface area contributed by atoms with E-state index in [1.54, 1.807) is 30.3 Å². The molecule has 0 saturated heterocycles. The molecule has 0 fully saturated rings. The number of halogens is 2. The molecule has 2 aromatic carbocycles. The van der Waals surface area contributed by atoms with Gasteiger partial charge >= 0.3 is 5.97 Å². The van der Waals surface area contributed by atoms with Crippen LogP contribution in [0.15, 0.2) is 42.5 Å². The lowest BCUT2D eigenvalue weighted by atomic mass is 10.2. The van der Waals surface area contributed by atoms with Crippen LogP contribution in [0.2, 0.25) is 10.0 Å². The van der Waals surface area contributed by atoms with Crippen LogP contribution in [0, 0.1) is 0 Å². The number of methoxy groups -OCH3 is 1. The number of carbonyl (C=O) groups excluding carboxylic acids is 1. The Kier molecular flexibility index (Phi) is 5.74. The highest BCUT2D eigenvalue weighted by Gasteiger charge is 2.19. The first-order valence-corrected chi connectivity index (χ1v) is 9.43. The van der Waals surface area contributed by atoms with Gasteiger partial charge in [-0.3, -0.25) is 4.31 Å². The first kappa shape index (κ1) is 18.6. The van der Waals surface area contributed by atoms with E-state index in [2.05, 4.69) is 4.74 Å². The Morgan fingerprint density at radius 1 is 1.08 bits per heavy atom. The quantitative estimate of drug-likeness (QED) is 0.732. The summed E-state index contributed by atoms with van der Waals surface area (Å²) in [5, 5.41) is 0.748. The molecule has 2 aromatic rings. The number of ether oxygens (including phenoxy) is 1. The third kappa shape index (κ3) is 4.41. The molecule has 0 saturated carbocycles. The van der Waals surface area contributed by atoms with Gasteiger partial charge in [0.1, 0.15) is 0 Å². The normalized spacial score (nSPS) is 11.2. The zero-order chi connectivity index (χ0) is 17.9. The maximum atomic E-state index is 12.1. The summed E-state index contributed by atoms with van der Waals surface area (Å²) in [6.45, 7) is 0.0906. The van der Waals surface area contributed by atoms with Crippen molar-refractivity contribution in [2.24, 2.45) is 0 Å². The molecule has 0 bridgehead atoms. The van der Waals surface area contributed by atoms with Crippen LogP contribution in [0.4, 0.5) is 5.69 Å². The average Bonchev–Trinajstić information content (AvgIpc) is 2.54. The smallest absolute Gasteiger partial charge is 0.337 e. The summed E-state index contributed by atoms with van der Waals surface area (Å²) in [4.78, 5) is 11.5. The lowest BCUT2D eigenvalue weighted by molar-refractivity contribution is 0.0601. The molecule has 128 valence electrons. The summed E-state index contributed by atoms with van der Waals surface area (Å²) in [5.41, 5.74) is 1.45. The van der Waals surface area contributed by atoms with E-state index in [1.165, 1.54) is 23.5 Å². The third-order valence-corrected chi connectivity index (χ3v) is 5.17. The molecule has 0 heterocycles. The van der Waals surface area contributed by atoms with Crippen molar-refractivity contribution in [2.45, 2.75) is 6.54 Å². The zero-order valence-corrected chi connectivity index (χ0v) is 15.3. The number of esters is 1. The number of carbonyl (C=O) groups is 1. The molecule has 0 aliphatic heterocycles. The van der Waals surface area contributed by atoms with Crippen LogP contribution in [0.1, 0.15) is 15.9 Å². The summed E-state index contributed by atoms with van der Waals surface area (Å²) in [7, 11) is -2.26. The van der Waals surface area contributed by atoms with E-state index in [9.17, 15) is 13.2 Å². The first-order chi connectivity index (χ1) is 11.2. The Bertz CT molecular complexity index is 851. The van der Waals surface area contributed by atoms with Crippen molar-refractivity contribution in [3.05, 3.63) is 63.6 Å². The fraction of sp³-hybridized carbons (Fsp3) is 0.188. The molecular formula is C16H15Cl2NO4S. The van der Waals surface area contributed by atoms with Crippen molar-refractivity contribution < 1.29 is 17.9 Å². The highest BCUT2D eigenvalue weighted by atomic mass is 35.5. The van der Waals surface area contributed by atoms with Gasteiger partial charge in [-0.05, 0) is 42.0 Å². The molecule has 0 atom stereocenters. The van der Waals surface area contributed by atoms with Crippen LogP contribution in [0.3, 0.4) is 0 Å². The van der Waals surface area contributed by atoms with Crippen molar-refractivity contribution in [2.75, 3.05) is 17.7 Å². The summed E-state index contributed by atoms with van der Waals surface area (Å²) in [6, 6.07) is 11.0. The van der Waals surface area contributed by atoms with Gasteiger partial charge in [0.15, 0.2) is 0 Å². The molecule has 0 aliphatic carbocycles. The van der Waals surface area contributed by atoms with Gasteiger partial charge in [-0.1, -0.05) is 29.3 Å². The van der Waals surface area contributed by atoms with Gasteiger partial charge in [0, 0.05) is 0 Å². The van der Waals surface area contributed by atoms with Gasteiger partial charge in [-0.25, -0.2) is 13.2 Å². The number of anilines is 1. The Hall–Kier alpha value is -1.76. The van der Waals surface area contributed by atoms with Crippen molar-refractivity contribution in [3.8, 4) is 0 Å². The molecular weight excluding hydrogens is 373 g/mol. The SMILES string of the molecule is COC(=O)c1ccc(N(Cc2ccc(Cl)c(Cl)c2)S(C)(=O)=O)cc1. The molecule has 0 unspecified atom stereocenters. The minimum Gasteiger partial charge on any atom is -0.465 e. The van der Waals surface area contributed by atoms with Crippen molar-refractivity contribution in [3.63, 3.8) is 0 Å². The van der Waals surface area contributed by atoms with Crippen LogP contribution in [-0.2, 0) is 21.3 Å². The van der Waals surface area contributed by atoms with Gasteiger partial charge < -0.3 is 4.74 Å². The molecule has 0 radical (unpaired) electrons. The van der Waals surface area contributed by atoms with Crippen molar-refractivity contribution in [1.29, 1.82) is 0 Å². The fourth-order valence-electron chi connectivity index (χ4n) is 2.09. The van der Waals surface area contributed by atoms with Crippen LogP contribution < -0.4 is 4.31 Å². The molecule has 0 amide bonds. The molecule has 0 aliphatic rings. The number of hydrogen-bond acceptors (Lipinski definition) is 4. The molecule has 24 heavy (non-hydrogen) atoms. The number of rotatable bonds is 5. The topological polar surface area (TPSA) is 63.7 Å². The summed E-state index contributed by atoms with van der Waals surface area (Å²) < 4.78 is 30.1. The fourth-order valence-corrected chi connectivity index (χ4v) is 3.29. The van der Waals surface area contributed by atoms with Gasteiger partial charge in [-0.2, -0.15) is 0 Å². The van der Waals surface area contributed by atoms with Crippen LogP contribution in [-0.4, -0.2) is 27.8 Å². The average molecular weight is 388 g/mol. The van der Waals surface area contributed by atoms with E-state index in [0.717, 1.165) is 6.26 Å². The molecule has 0 spiro atoms. The minimum absolute atomic E-state index is 0.0906. The molecule has 8 heteroatoms. The van der Waals surface area contributed by atoms with E-state index in [-0.39, 0.29) is 6.54 Å². The predicted molar refractivity (Wildman–Crippen MR) is 95.3 cm³/mol. The second kappa shape index (κ2) is 7.42. The number of hydrogen-bond donors (Lipinski definition) is 0. The number of benzene rings is 2. The van der Waals surface area contributed by atoms with Gasteiger partial charge in [0.25, 0.3) is 0 Å². The number of nitrogens with zero attached hydrogens (tertiary/aromatic N) is 1. The van der Waals surface area contributed by atoms with Gasteiger partial charge in [0.2, 0.25) is 10.0 Å². The van der Waals surface area contributed by atoms with Gasteiger partial charge in [0.05, 0.1) is 41.2 Å². The lowest BCUT2D eigenvalue weighted by Crippen LogP contribution is -2.29. The van der Waals surface area contributed by atoms with Crippen LogP contribution >= 0.6 is 23.2 Å². The Morgan fingerprint density at radius 2 is 1.71 bits per heavy atom. The second-order valence-electron chi connectivity index (χ2n) is 5.06. The largest absolute Gasteiger partial charge is 0.465 e. The summed E-state index contributed by atoms with van der Waals surface area (Å²) >= 11 is 11.9. The van der Waals surface area contributed by atoms with Gasteiger partial charge in [-0.15, -0.1) is 0 Å². The highest BCUT2D eigenvalue weighted by Crippen LogP contribution is 2.26. The summed E-state index contributed by atoms with van der Waals surface area (Å²) in [5.74, 6) is -0.489. The highest BCUT2D eigenvalue weighted by molar-refractivity contribution is 7.92. The molecule has 2 rings (SSSR count). The zero-order valence-electron chi connectivity index (χ0n) is 13.0. The Balaban J connectivity index is 2.35.